The number of hydrogen-bond acceptors (Lipinski definition) is 3. The number of nitrogens with zero attached hydrogens (tertiary/aromatic N) is 2. The van der Waals surface area contributed by atoms with E-state index in [1.54, 1.807) is 12.4 Å². The number of benzene rings is 1. The second-order valence-corrected chi connectivity index (χ2v) is 7.07. The second kappa shape index (κ2) is 8.16. The molecule has 23 heavy (non-hydrogen) atoms. The first-order valence-electron chi connectivity index (χ1n) is 8.16. The van der Waals surface area contributed by atoms with Crippen molar-refractivity contribution >= 4 is 17.7 Å². The Kier molecular flexibility index (Phi) is 5.70. The highest BCUT2D eigenvalue weighted by Crippen LogP contribution is 2.26. The van der Waals surface area contributed by atoms with Gasteiger partial charge < -0.3 is 4.90 Å². The lowest BCUT2D eigenvalue weighted by Crippen LogP contribution is -2.29. The molecule has 1 amide bonds. The van der Waals surface area contributed by atoms with Crippen molar-refractivity contribution < 1.29 is 4.79 Å². The summed E-state index contributed by atoms with van der Waals surface area (Å²) in [6.45, 7) is 1.82. The predicted octanol–water partition coefficient (Wildman–Crippen LogP) is 3.66. The average Bonchev–Trinajstić information content (AvgIpc) is 3.09. The number of carbonyl (C=O) groups is 1. The van der Waals surface area contributed by atoms with Crippen molar-refractivity contribution in [2.24, 2.45) is 5.92 Å². The molecule has 1 saturated heterocycles. The van der Waals surface area contributed by atoms with Gasteiger partial charge in [-0.15, -0.1) is 11.8 Å². The third-order valence-electron chi connectivity index (χ3n) is 4.24. The lowest BCUT2D eigenvalue weighted by atomic mass is 10.1. The van der Waals surface area contributed by atoms with Gasteiger partial charge in [-0.1, -0.05) is 18.2 Å². The molecule has 1 aromatic carbocycles. The van der Waals surface area contributed by atoms with Gasteiger partial charge in [0, 0.05) is 42.6 Å². The minimum Gasteiger partial charge on any atom is -0.342 e. The summed E-state index contributed by atoms with van der Waals surface area (Å²) in [4.78, 5) is 19.7. The van der Waals surface area contributed by atoms with E-state index in [0.717, 1.165) is 31.7 Å². The Bertz CT molecular complexity index is 618. The standard InChI is InChI=1S/C19H22N2OS/c22-19(7-6-16-8-11-20-12-9-16)21-13-10-17(14-21)15-23-18-4-2-1-3-5-18/h1-5,8-9,11-12,17H,6-7,10,13-15H2. The van der Waals surface area contributed by atoms with Crippen molar-refractivity contribution in [3.05, 3.63) is 60.4 Å². The number of rotatable bonds is 6. The third kappa shape index (κ3) is 4.83. The second-order valence-electron chi connectivity index (χ2n) is 5.97. The maximum absolute atomic E-state index is 12.3. The van der Waals surface area contributed by atoms with Crippen molar-refractivity contribution in [3.8, 4) is 0 Å². The Balaban J connectivity index is 1.41. The molecule has 0 spiro atoms. The molecule has 1 fully saturated rings. The molecule has 120 valence electrons. The molecule has 0 radical (unpaired) electrons. The van der Waals surface area contributed by atoms with E-state index in [1.165, 1.54) is 10.5 Å². The maximum atomic E-state index is 12.3. The van der Waals surface area contributed by atoms with Crippen LogP contribution in [0.15, 0.2) is 59.8 Å². The van der Waals surface area contributed by atoms with Crippen LogP contribution >= 0.6 is 11.8 Å². The molecule has 0 N–H and O–H groups in total. The monoisotopic (exact) mass is 326 g/mol. The van der Waals surface area contributed by atoms with Crippen LogP contribution in [-0.4, -0.2) is 34.6 Å². The average molecular weight is 326 g/mol. The molecule has 0 aliphatic carbocycles. The number of aryl methyl sites for hydroxylation is 1. The first-order chi connectivity index (χ1) is 11.3. The molecule has 1 aromatic heterocycles. The van der Waals surface area contributed by atoms with Crippen LogP contribution in [0, 0.1) is 5.92 Å². The van der Waals surface area contributed by atoms with Crippen molar-refractivity contribution in [3.63, 3.8) is 0 Å². The van der Waals surface area contributed by atoms with Crippen LogP contribution in [0.2, 0.25) is 0 Å². The molecule has 2 heterocycles. The smallest absolute Gasteiger partial charge is 0.222 e. The lowest BCUT2D eigenvalue weighted by molar-refractivity contribution is -0.130. The van der Waals surface area contributed by atoms with Crippen LogP contribution in [0.25, 0.3) is 0 Å². The van der Waals surface area contributed by atoms with Crippen molar-refractivity contribution in [2.45, 2.75) is 24.2 Å². The first-order valence-corrected chi connectivity index (χ1v) is 9.14. The Labute approximate surface area is 142 Å². The highest BCUT2D eigenvalue weighted by molar-refractivity contribution is 7.99. The zero-order chi connectivity index (χ0) is 15.9. The van der Waals surface area contributed by atoms with E-state index in [-0.39, 0.29) is 5.91 Å². The highest BCUT2D eigenvalue weighted by Gasteiger charge is 2.25. The molecule has 1 aliphatic rings. The van der Waals surface area contributed by atoms with Gasteiger partial charge in [-0.05, 0) is 48.6 Å². The largest absolute Gasteiger partial charge is 0.342 e. The van der Waals surface area contributed by atoms with Gasteiger partial charge in [0.2, 0.25) is 5.91 Å². The minimum absolute atomic E-state index is 0.286. The molecular weight excluding hydrogens is 304 g/mol. The predicted molar refractivity (Wildman–Crippen MR) is 94.4 cm³/mol. The molecule has 1 atom stereocenters. The highest BCUT2D eigenvalue weighted by atomic mass is 32.2. The van der Waals surface area contributed by atoms with Gasteiger partial charge in [0.15, 0.2) is 0 Å². The normalized spacial score (nSPS) is 17.4. The summed E-state index contributed by atoms with van der Waals surface area (Å²) < 4.78 is 0. The summed E-state index contributed by atoms with van der Waals surface area (Å²) in [6, 6.07) is 14.5. The molecule has 4 heteroatoms. The maximum Gasteiger partial charge on any atom is 0.222 e. The Morgan fingerprint density at radius 2 is 1.96 bits per heavy atom. The Hall–Kier alpha value is -1.81. The summed E-state index contributed by atoms with van der Waals surface area (Å²) in [5, 5.41) is 0. The molecule has 0 saturated carbocycles. The Morgan fingerprint density at radius 1 is 1.17 bits per heavy atom. The zero-order valence-corrected chi connectivity index (χ0v) is 14.0. The molecule has 0 bridgehead atoms. The number of likely N-dealkylation sites (tertiary alicyclic amines) is 1. The molecule has 3 rings (SSSR count). The molecule has 2 aromatic rings. The van der Waals surface area contributed by atoms with Crippen molar-refractivity contribution in [1.29, 1.82) is 0 Å². The van der Waals surface area contributed by atoms with Gasteiger partial charge >= 0.3 is 0 Å². The molecule has 3 nitrogen and oxygen atoms in total. The quantitative estimate of drug-likeness (QED) is 0.760. The van der Waals surface area contributed by atoms with Crippen molar-refractivity contribution in [1.82, 2.24) is 9.88 Å². The number of carbonyl (C=O) groups excluding carboxylic acids is 1. The van der Waals surface area contributed by atoms with Crippen LogP contribution in [-0.2, 0) is 11.2 Å². The van der Waals surface area contributed by atoms with E-state index < -0.39 is 0 Å². The zero-order valence-electron chi connectivity index (χ0n) is 13.2. The van der Waals surface area contributed by atoms with Crippen LogP contribution < -0.4 is 0 Å². The fourth-order valence-corrected chi connectivity index (χ4v) is 3.93. The van der Waals surface area contributed by atoms with E-state index >= 15 is 0 Å². The van der Waals surface area contributed by atoms with E-state index in [4.69, 9.17) is 0 Å². The van der Waals surface area contributed by atoms with Gasteiger partial charge in [0.05, 0.1) is 0 Å². The molecule has 1 aliphatic heterocycles. The SMILES string of the molecule is O=C(CCc1ccncc1)N1CCC(CSc2ccccc2)C1. The molecule has 1 unspecified atom stereocenters. The van der Waals surface area contributed by atoms with Gasteiger partial charge in [0.1, 0.15) is 0 Å². The van der Waals surface area contributed by atoms with Crippen LogP contribution in [0.5, 0.6) is 0 Å². The summed E-state index contributed by atoms with van der Waals surface area (Å²) in [5.41, 5.74) is 1.18. The number of pyridine rings is 1. The fraction of sp³-hybridized carbons (Fsp3) is 0.368. The lowest BCUT2D eigenvalue weighted by Gasteiger charge is -2.16. The minimum atomic E-state index is 0.286. The molecular formula is C19H22N2OS. The van der Waals surface area contributed by atoms with Crippen LogP contribution in [0.3, 0.4) is 0 Å². The van der Waals surface area contributed by atoms with Gasteiger partial charge in [-0.25, -0.2) is 0 Å². The summed E-state index contributed by atoms with van der Waals surface area (Å²) in [5.74, 6) is 2.00. The van der Waals surface area contributed by atoms with E-state index in [9.17, 15) is 4.79 Å². The third-order valence-corrected chi connectivity index (χ3v) is 5.49. The fourth-order valence-electron chi connectivity index (χ4n) is 2.88. The summed E-state index contributed by atoms with van der Waals surface area (Å²) in [7, 11) is 0. The topological polar surface area (TPSA) is 33.2 Å². The Morgan fingerprint density at radius 3 is 2.74 bits per heavy atom. The number of amides is 1. The van der Waals surface area contributed by atoms with Crippen LogP contribution in [0.4, 0.5) is 0 Å². The van der Waals surface area contributed by atoms with Gasteiger partial charge in [-0.2, -0.15) is 0 Å². The van der Waals surface area contributed by atoms with E-state index in [1.807, 2.05) is 34.9 Å². The van der Waals surface area contributed by atoms with E-state index in [2.05, 4.69) is 29.2 Å². The summed E-state index contributed by atoms with van der Waals surface area (Å²) in [6.07, 6.45) is 6.10. The van der Waals surface area contributed by atoms with Crippen molar-refractivity contribution in [2.75, 3.05) is 18.8 Å². The number of aromatic nitrogens is 1. The van der Waals surface area contributed by atoms with Crippen LogP contribution in [0.1, 0.15) is 18.4 Å². The number of thioether (sulfide) groups is 1. The van der Waals surface area contributed by atoms with Gasteiger partial charge in [-0.3, -0.25) is 9.78 Å². The van der Waals surface area contributed by atoms with E-state index in [0.29, 0.717) is 12.3 Å². The van der Waals surface area contributed by atoms with Gasteiger partial charge in [0.25, 0.3) is 0 Å². The summed E-state index contributed by atoms with van der Waals surface area (Å²) >= 11 is 1.90. The first kappa shape index (κ1) is 16.1. The number of hydrogen-bond donors (Lipinski definition) is 0.